The first-order chi connectivity index (χ1) is 5.27. The van der Waals surface area contributed by atoms with Crippen LogP contribution in [0, 0.1) is 13.3 Å². The molecule has 4 nitrogen and oxygen atoms in total. The molecule has 2 aromatic rings. The number of halogens is 1. The Morgan fingerprint density at radius 1 is 1.42 bits per heavy atom. The molecule has 0 spiro atoms. The van der Waals surface area contributed by atoms with Gasteiger partial charge in [-0.15, -0.1) is 0 Å². The average Bonchev–Trinajstić information content (AvgIpc) is 2.34. The van der Waals surface area contributed by atoms with Gasteiger partial charge in [-0.25, -0.2) is 4.98 Å². The fourth-order valence-electron chi connectivity index (χ4n) is 0.856. The van der Waals surface area contributed by atoms with Gasteiger partial charge in [0.1, 0.15) is 5.82 Å². The van der Waals surface area contributed by atoms with E-state index < -0.39 is 0 Å². The van der Waals surface area contributed by atoms with Gasteiger partial charge in [-0.3, -0.25) is 4.98 Å². The SMILES string of the molecule is Cc1nc(Cl)c2n[c-][nH]c2n1.[Y]. The third kappa shape index (κ3) is 1.65. The van der Waals surface area contributed by atoms with Gasteiger partial charge in [-0.05, 0) is 12.4 Å². The van der Waals surface area contributed by atoms with Crippen LogP contribution in [0.25, 0.3) is 11.2 Å². The molecule has 0 amide bonds. The average molecular weight is 256 g/mol. The summed E-state index contributed by atoms with van der Waals surface area (Å²) in [6.07, 6.45) is 2.54. The first kappa shape index (κ1) is 10.0. The molecule has 0 fully saturated rings. The monoisotopic (exact) mass is 256 g/mol. The van der Waals surface area contributed by atoms with Crippen molar-refractivity contribution in [1.29, 1.82) is 0 Å². The molecule has 2 rings (SSSR count). The molecule has 0 saturated carbocycles. The van der Waals surface area contributed by atoms with Gasteiger partial charge in [0.15, 0.2) is 0 Å². The predicted molar refractivity (Wildman–Crippen MR) is 40.3 cm³/mol. The first-order valence-electron chi connectivity index (χ1n) is 3.03. The summed E-state index contributed by atoms with van der Waals surface area (Å²) >= 11 is 5.75. The van der Waals surface area contributed by atoms with Crippen molar-refractivity contribution < 1.29 is 32.7 Å². The molecular formula is C6H4ClN4Y-. The Morgan fingerprint density at radius 3 is 2.92 bits per heavy atom. The van der Waals surface area contributed by atoms with E-state index >= 15 is 0 Å². The van der Waals surface area contributed by atoms with Crippen molar-refractivity contribution in [3.63, 3.8) is 0 Å². The fourth-order valence-corrected chi connectivity index (χ4v) is 1.11. The van der Waals surface area contributed by atoms with E-state index in [1.807, 2.05) is 0 Å². The molecule has 6 heteroatoms. The van der Waals surface area contributed by atoms with Crippen molar-refractivity contribution >= 4 is 22.8 Å². The molecule has 0 unspecified atom stereocenters. The van der Waals surface area contributed by atoms with E-state index in [1.165, 1.54) is 0 Å². The molecule has 0 aliphatic rings. The van der Waals surface area contributed by atoms with E-state index in [9.17, 15) is 0 Å². The van der Waals surface area contributed by atoms with Crippen LogP contribution in [0.1, 0.15) is 5.82 Å². The van der Waals surface area contributed by atoms with E-state index in [0.29, 0.717) is 22.1 Å². The van der Waals surface area contributed by atoms with Crippen LogP contribution >= 0.6 is 11.6 Å². The number of aromatic nitrogens is 4. The molecule has 0 aromatic carbocycles. The van der Waals surface area contributed by atoms with E-state index in [-0.39, 0.29) is 32.7 Å². The molecule has 0 atom stereocenters. The zero-order valence-electron chi connectivity index (χ0n) is 6.30. The molecule has 1 radical (unpaired) electrons. The van der Waals surface area contributed by atoms with Crippen LogP contribution in [0.15, 0.2) is 0 Å². The van der Waals surface area contributed by atoms with Gasteiger partial charge in [-0.2, -0.15) is 0 Å². The van der Waals surface area contributed by atoms with Crippen molar-refractivity contribution in [3.8, 4) is 0 Å². The van der Waals surface area contributed by atoms with E-state index in [4.69, 9.17) is 11.6 Å². The van der Waals surface area contributed by atoms with Crippen molar-refractivity contribution in [2.45, 2.75) is 6.92 Å². The zero-order chi connectivity index (χ0) is 7.84. The number of nitrogens with one attached hydrogen (secondary N) is 1. The molecule has 2 heterocycles. The Balaban J connectivity index is 0.000000720. The van der Waals surface area contributed by atoms with Crippen molar-refractivity contribution in [2.24, 2.45) is 0 Å². The largest absolute Gasteiger partial charge is 0.446 e. The Bertz CT molecular complexity index is 399. The van der Waals surface area contributed by atoms with Crippen LogP contribution in [-0.4, -0.2) is 19.9 Å². The summed E-state index contributed by atoms with van der Waals surface area (Å²) in [5.74, 6) is 0.625. The van der Waals surface area contributed by atoms with Gasteiger partial charge < -0.3 is 9.97 Å². The van der Waals surface area contributed by atoms with Gasteiger partial charge in [0.2, 0.25) is 0 Å². The van der Waals surface area contributed by atoms with Crippen LogP contribution in [0.2, 0.25) is 5.15 Å². The van der Waals surface area contributed by atoms with E-state index in [0.717, 1.165) is 0 Å². The number of hydrogen-bond donors (Lipinski definition) is 1. The maximum atomic E-state index is 5.75. The second-order valence-electron chi connectivity index (χ2n) is 2.11. The minimum Gasteiger partial charge on any atom is -0.446 e. The van der Waals surface area contributed by atoms with Crippen LogP contribution in [0.3, 0.4) is 0 Å². The summed E-state index contributed by atoms with van der Waals surface area (Å²) in [5, 5.41) is 0.366. The summed E-state index contributed by atoms with van der Waals surface area (Å²) < 4.78 is 0. The molecular weight excluding hydrogens is 252 g/mol. The van der Waals surface area contributed by atoms with Crippen molar-refractivity contribution in [3.05, 3.63) is 17.3 Å². The van der Waals surface area contributed by atoms with Crippen LogP contribution < -0.4 is 0 Å². The maximum absolute atomic E-state index is 5.75. The Morgan fingerprint density at radius 2 is 2.17 bits per heavy atom. The van der Waals surface area contributed by atoms with E-state index in [2.05, 4.69) is 26.3 Å². The third-order valence-electron chi connectivity index (χ3n) is 1.30. The van der Waals surface area contributed by atoms with Gasteiger partial charge >= 0.3 is 0 Å². The zero-order valence-corrected chi connectivity index (χ0v) is 9.89. The number of hydrogen-bond acceptors (Lipinski definition) is 3. The Kier molecular flexibility index (Phi) is 3.15. The molecule has 0 aliphatic carbocycles. The van der Waals surface area contributed by atoms with Crippen LogP contribution in [-0.2, 0) is 32.7 Å². The number of fused-ring (bicyclic) bond motifs is 1. The van der Waals surface area contributed by atoms with Crippen LogP contribution in [0.5, 0.6) is 0 Å². The second kappa shape index (κ2) is 3.77. The normalized spacial score (nSPS) is 9.83. The number of nitrogens with zero attached hydrogens (tertiary/aromatic N) is 3. The Hall–Kier alpha value is -0.0561. The maximum Gasteiger partial charge on any atom is 0.113 e. The number of aromatic amines is 1. The second-order valence-corrected chi connectivity index (χ2v) is 2.47. The summed E-state index contributed by atoms with van der Waals surface area (Å²) in [6.45, 7) is 1.77. The molecule has 0 aliphatic heterocycles. The number of aryl methyl sites for hydroxylation is 1. The minimum atomic E-state index is 0. The van der Waals surface area contributed by atoms with Gasteiger partial charge in [0.05, 0.1) is 5.15 Å². The van der Waals surface area contributed by atoms with Crippen LogP contribution in [0.4, 0.5) is 0 Å². The van der Waals surface area contributed by atoms with Gasteiger partial charge in [0.25, 0.3) is 0 Å². The number of imidazole rings is 1. The summed E-state index contributed by atoms with van der Waals surface area (Å²) in [5.41, 5.74) is 1.19. The quantitative estimate of drug-likeness (QED) is 0.567. The standard InChI is InChI=1S/C6H4ClN4.Y/c1-3-10-5(7)4-6(11-3)9-2-8-4;/h1H3,(H,8,9,10,11);/q-1;. The first-order valence-corrected chi connectivity index (χ1v) is 3.41. The smallest absolute Gasteiger partial charge is 0.113 e. The molecule has 1 N–H and O–H groups in total. The van der Waals surface area contributed by atoms with E-state index in [1.54, 1.807) is 6.92 Å². The van der Waals surface area contributed by atoms with Crippen molar-refractivity contribution in [2.75, 3.05) is 0 Å². The molecule has 59 valence electrons. The van der Waals surface area contributed by atoms with Crippen molar-refractivity contribution in [1.82, 2.24) is 19.9 Å². The summed E-state index contributed by atoms with van der Waals surface area (Å²) in [6, 6.07) is 0. The predicted octanol–water partition coefficient (Wildman–Crippen LogP) is 1.11. The topological polar surface area (TPSA) is 54.5 Å². The number of H-pyrrole nitrogens is 1. The molecule has 0 saturated heterocycles. The van der Waals surface area contributed by atoms with Gasteiger partial charge in [-0.1, -0.05) is 11.6 Å². The Labute approximate surface area is 99.0 Å². The summed E-state index contributed by atoms with van der Waals surface area (Å²) in [4.78, 5) is 14.5. The molecule has 12 heavy (non-hydrogen) atoms. The van der Waals surface area contributed by atoms with Gasteiger partial charge in [0, 0.05) is 44.7 Å². The number of rotatable bonds is 0. The molecule has 2 aromatic heterocycles. The fraction of sp³-hybridized carbons (Fsp3) is 0.167. The minimum absolute atomic E-state index is 0. The molecule has 0 bridgehead atoms. The summed E-state index contributed by atoms with van der Waals surface area (Å²) in [7, 11) is 0. The third-order valence-corrected chi connectivity index (χ3v) is 1.56.